The number of benzene rings is 1. The predicted octanol–water partition coefficient (Wildman–Crippen LogP) is 3.84. The minimum Gasteiger partial charge on any atom is -0.384 e. The Bertz CT molecular complexity index is 801. The van der Waals surface area contributed by atoms with Crippen molar-refractivity contribution in [1.29, 1.82) is 0 Å². The zero-order valence-electron chi connectivity index (χ0n) is 11.1. The maximum atomic E-state index is 12.8. The molecule has 0 aliphatic heterocycles. The fourth-order valence-corrected chi connectivity index (χ4v) is 2.34. The fraction of sp³-hybridized carbons (Fsp3) is 0.133. The number of fused-ring (bicyclic) bond motifs is 1. The Morgan fingerprint density at radius 1 is 1.10 bits per heavy atom. The molecule has 3 aromatic rings. The first-order valence-corrected chi connectivity index (χ1v) is 6.25. The van der Waals surface area contributed by atoms with Crippen molar-refractivity contribution in [2.45, 2.75) is 6.18 Å². The monoisotopic (exact) mass is 291 g/mol. The number of halogens is 3. The summed E-state index contributed by atoms with van der Waals surface area (Å²) >= 11 is 0. The zero-order valence-corrected chi connectivity index (χ0v) is 11.1. The highest BCUT2D eigenvalue weighted by Gasteiger charge is 2.30. The highest BCUT2D eigenvalue weighted by Crippen LogP contribution is 2.34. The van der Waals surface area contributed by atoms with Crippen molar-refractivity contribution in [3.05, 3.63) is 48.2 Å². The van der Waals surface area contributed by atoms with Crippen LogP contribution in [-0.4, -0.2) is 9.55 Å². The summed E-state index contributed by atoms with van der Waals surface area (Å²) in [6.07, 6.45) is -2.74. The Kier molecular flexibility index (Phi) is 2.90. The number of nitrogen functional groups attached to an aromatic ring is 1. The summed E-state index contributed by atoms with van der Waals surface area (Å²) in [7, 11) is 1.73. The van der Waals surface area contributed by atoms with Crippen LogP contribution in [0.2, 0.25) is 0 Å². The van der Waals surface area contributed by atoms with Crippen LogP contribution >= 0.6 is 0 Å². The number of hydrogen-bond acceptors (Lipinski definition) is 2. The number of rotatable bonds is 1. The summed E-state index contributed by atoms with van der Waals surface area (Å²) in [6.45, 7) is 0. The van der Waals surface area contributed by atoms with Crippen molar-refractivity contribution < 1.29 is 13.2 Å². The molecule has 0 atom stereocenters. The van der Waals surface area contributed by atoms with E-state index in [2.05, 4.69) is 4.98 Å². The molecule has 1 aromatic carbocycles. The van der Waals surface area contributed by atoms with Crippen LogP contribution in [0.3, 0.4) is 0 Å². The molecule has 2 N–H and O–H groups in total. The number of pyridine rings is 1. The fourth-order valence-electron chi connectivity index (χ4n) is 2.34. The Morgan fingerprint density at radius 3 is 2.48 bits per heavy atom. The van der Waals surface area contributed by atoms with Gasteiger partial charge in [0.25, 0.3) is 0 Å². The topological polar surface area (TPSA) is 43.8 Å². The van der Waals surface area contributed by atoms with Gasteiger partial charge in [0.15, 0.2) is 0 Å². The molecule has 0 aliphatic rings. The third-order valence-corrected chi connectivity index (χ3v) is 3.45. The summed E-state index contributed by atoms with van der Waals surface area (Å²) in [5.74, 6) is 0.400. The quantitative estimate of drug-likeness (QED) is 0.740. The molecule has 2 aromatic heterocycles. The summed E-state index contributed by atoms with van der Waals surface area (Å²) in [4.78, 5) is 4.01. The standard InChI is InChI=1S/C15H12F3N3/c1-21-12(10-3-5-14(19)20-8-10)6-9-2-4-11(7-13(9)21)15(16,17)18/h2-8H,1H3,(H2,19,20). The minimum absolute atomic E-state index is 0.400. The molecular weight excluding hydrogens is 279 g/mol. The van der Waals surface area contributed by atoms with Crippen molar-refractivity contribution in [1.82, 2.24) is 9.55 Å². The Balaban J connectivity index is 2.18. The highest BCUT2D eigenvalue weighted by molar-refractivity contribution is 5.87. The van der Waals surface area contributed by atoms with Crippen LogP contribution < -0.4 is 5.73 Å². The third kappa shape index (κ3) is 2.33. The average molecular weight is 291 g/mol. The van der Waals surface area contributed by atoms with E-state index in [1.165, 1.54) is 6.07 Å². The summed E-state index contributed by atoms with van der Waals surface area (Å²) in [5.41, 5.74) is 7.00. The lowest BCUT2D eigenvalue weighted by atomic mass is 10.1. The molecule has 21 heavy (non-hydrogen) atoms. The maximum absolute atomic E-state index is 12.8. The average Bonchev–Trinajstić information content (AvgIpc) is 2.76. The molecule has 0 radical (unpaired) electrons. The molecular formula is C15H12F3N3. The van der Waals surface area contributed by atoms with Crippen LogP contribution in [0.15, 0.2) is 42.6 Å². The number of aromatic nitrogens is 2. The molecule has 0 amide bonds. The van der Waals surface area contributed by atoms with Gasteiger partial charge in [-0.2, -0.15) is 13.2 Å². The number of aryl methyl sites for hydroxylation is 1. The molecule has 6 heteroatoms. The Hall–Kier alpha value is -2.50. The van der Waals surface area contributed by atoms with E-state index in [9.17, 15) is 13.2 Å². The number of nitrogens with zero attached hydrogens (tertiary/aromatic N) is 2. The van der Waals surface area contributed by atoms with Gasteiger partial charge < -0.3 is 10.3 Å². The summed E-state index contributed by atoms with van der Waals surface area (Å²) in [6, 6.07) is 9.02. The Morgan fingerprint density at radius 2 is 1.86 bits per heavy atom. The van der Waals surface area contributed by atoms with Gasteiger partial charge in [-0.25, -0.2) is 4.98 Å². The van der Waals surface area contributed by atoms with Crippen LogP contribution in [0.25, 0.3) is 22.2 Å². The van der Waals surface area contributed by atoms with Crippen LogP contribution in [0.4, 0.5) is 19.0 Å². The normalized spacial score (nSPS) is 12.0. The van der Waals surface area contributed by atoms with Gasteiger partial charge in [-0.3, -0.25) is 0 Å². The lowest BCUT2D eigenvalue weighted by Gasteiger charge is -2.08. The molecule has 0 unspecified atom stereocenters. The number of hydrogen-bond donors (Lipinski definition) is 1. The lowest BCUT2D eigenvalue weighted by molar-refractivity contribution is -0.137. The van der Waals surface area contributed by atoms with Gasteiger partial charge in [0, 0.05) is 29.7 Å². The molecule has 0 aliphatic carbocycles. The molecule has 108 valence electrons. The lowest BCUT2D eigenvalue weighted by Crippen LogP contribution is -2.04. The van der Waals surface area contributed by atoms with Crippen molar-refractivity contribution in [3.63, 3.8) is 0 Å². The summed E-state index contributed by atoms with van der Waals surface area (Å²) < 4.78 is 40.1. The second-order valence-corrected chi connectivity index (χ2v) is 4.83. The second kappa shape index (κ2) is 4.51. The smallest absolute Gasteiger partial charge is 0.384 e. The zero-order chi connectivity index (χ0) is 15.2. The SMILES string of the molecule is Cn1c(-c2ccc(N)nc2)cc2ccc(C(F)(F)F)cc21. The second-order valence-electron chi connectivity index (χ2n) is 4.83. The van der Waals surface area contributed by atoms with Gasteiger partial charge in [0.2, 0.25) is 0 Å². The molecule has 0 saturated heterocycles. The first-order chi connectivity index (χ1) is 9.86. The van der Waals surface area contributed by atoms with Crippen molar-refractivity contribution >= 4 is 16.7 Å². The first-order valence-electron chi connectivity index (χ1n) is 6.25. The predicted molar refractivity (Wildman–Crippen MR) is 75.6 cm³/mol. The van der Waals surface area contributed by atoms with Gasteiger partial charge in [0.1, 0.15) is 5.82 Å². The molecule has 0 spiro atoms. The van der Waals surface area contributed by atoms with Gasteiger partial charge in [0.05, 0.1) is 11.3 Å². The van der Waals surface area contributed by atoms with E-state index in [4.69, 9.17) is 5.73 Å². The van der Waals surface area contributed by atoms with Gasteiger partial charge >= 0.3 is 6.18 Å². The number of nitrogens with two attached hydrogens (primary N) is 1. The van der Waals surface area contributed by atoms with Crippen molar-refractivity contribution in [3.8, 4) is 11.3 Å². The maximum Gasteiger partial charge on any atom is 0.416 e. The van der Waals surface area contributed by atoms with Crippen molar-refractivity contribution in [2.24, 2.45) is 7.05 Å². The highest BCUT2D eigenvalue weighted by atomic mass is 19.4. The molecule has 0 saturated carbocycles. The molecule has 3 nitrogen and oxygen atoms in total. The van der Waals surface area contributed by atoms with Crippen molar-refractivity contribution in [2.75, 3.05) is 5.73 Å². The van der Waals surface area contributed by atoms with E-state index < -0.39 is 11.7 Å². The van der Waals surface area contributed by atoms with E-state index in [1.54, 1.807) is 29.9 Å². The first kappa shape index (κ1) is 13.5. The molecule has 3 rings (SSSR count). The summed E-state index contributed by atoms with van der Waals surface area (Å²) in [5, 5.41) is 0.748. The molecule has 0 fully saturated rings. The Labute approximate surface area is 118 Å². The van der Waals surface area contributed by atoms with E-state index in [0.29, 0.717) is 11.3 Å². The number of alkyl halides is 3. The largest absolute Gasteiger partial charge is 0.416 e. The van der Waals surface area contributed by atoms with Gasteiger partial charge in [-0.1, -0.05) is 6.07 Å². The van der Waals surface area contributed by atoms with E-state index in [1.807, 2.05) is 6.07 Å². The van der Waals surface area contributed by atoms with E-state index >= 15 is 0 Å². The third-order valence-electron chi connectivity index (χ3n) is 3.45. The van der Waals surface area contributed by atoms with Crippen LogP contribution in [0.1, 0.15) is 5.56 Å². The number of anilines is 1. The van der Waals surface area contributed by atoms with Gasteiger partial charge in [-0.05, 0) is 30.3 Å². The van der Waals surface area contributed by atoms with Gasteiger partial charge in [-0.15, -0.1) is 0 Å². The van der Waals surface area contributed by atoms with Crippen LogP contribution in [0.5, 0.6) is 0 Å². The van der Waals surface area contributed by atoms with Crippen LogP contribution in [0, 0.1) is 0 Å². The molecule has 0 bridgehead atoms. The minimum atomic E-state index is -4.35. The van der Waals surface area contributed by atoms with E-state index in [0.717, 1.165) is 28.8 Å². The van der Waals surface area contributed by atoms with E-state index in [-0.39, 0.29) is 0 Å². The van der Waals surface area contributed by atoms with Crippen LogP contribution in [-0.2, 0) is 13.2 Å². The molecule has 2 heterocycles.